The third-order valence-electron chi connectivity index (χ3n) is 6.49. The predicted molar refractivity (Wildman–Crippen MR) is 133 cm³/mol. The maximum atomic E-state index is 14.6. The van der Waals surface area contributed by atoms with Crippen LogP contribution in [0.15, 0.2) is 47.5 Å². The Morgan fingerprint density at radius 2 is 1.66 bits per heavy atom. The Kier molecular flexibility index (Phi) is 8.29. The van der Waals surface area contributed by atoms with Gasteiger partial charge in [0.2, 0.25) is 5.91 Å². The summed E-state index contributed by atoms with van der Waals surface area (Å²) < 4.78 is 25.7. The Morgan fingerprint density at radius 3 is 2.31 bits per heavy atom. The van der Waals surface area contributed by atoms with E-state index in [0.717, 1.165) is 55.9 Å². The zero-order valence-electron chi connectivity index (χ0n) is 19.8. The average Bonchev–Trinajstić information content (AvgIpc) is 3.39. The molecule has 2 aliphatic carbocycles. The summed E-state index contributed by atoms with van der Waals surface area (Å²) >= 11 is 6.19. The first-order chi connectivity index (χ1) is 16.9. The lowest BCUT2D eigenvalue weighted by atomic mass is 9.90. The van der Waals surface area contributed by atoms with Crippen molar-refractivity contribution in [2.45, 2.75) is 64.0 Å². The molecule has 2 aliphatic rings. The van der Waals surface area contributed by atoms with E-state index >= 15 is 0 Å². The van der Waals surface area contributed by atoms with E-state index in [0.29, 0.717) is 36.3 Å². The number of carbonyl (C=O) groups excluding carboxylic acids is 2. The van der Waals surface area contributed by atoms with Crippen molar-refractivity contribution in [3.63, 3.8) is 0 Å². The van der Waals surface area contributed by atoms with Crippen LogP contribution in [0.25, 0.3) is 0 Å². The molecule has 0 aromatic heterocycles. The van der Waals surface area contributed by atoms with E-state index in [2.05, 4.69) is 10.6 Å². The monoisotopic (exact) mass is 500 g/mol. The Balaban J connectivity index is 1.47. The molecule has 0 aliphatic heterocycles. The minimum absolute atomic E-state index is 0.0107. The summed E-state index contributed by atoms with van der Waals surface area (Å²) in [4.78, 5) is 26.1. The molecule has 0 bridgehead atoms. The smallest absolute Gasteiger partial charge is 0.252 e. The van der Waals surface area contributed by atoms with E-state index in [1.807, 2.05) is 24.3 Å². The van der Waals surface area contributed by atoms with Crippen molar-refractivity contribution in [1.82, 2.24) is 5.32 Å². The van der Waals surface area contributed by atoms with Gasteiger partial charge in [-0.05, 0) is 75.1 Å². The van der Waals surface area contributed by atoms with E-state index in [1.54, 1.807) is 7.11 Å². The molecule has 35 heavy (non-hydrogen) atoms. The largest absolute Gasteiger partial charge is 0.497 e. The number of carbonyl (C=O) groups is 2. The molecule has 2 aromatic carbocycles. The van der Waals surface area contributed by atoms with Crippen molar-refractivity contribution in [3.8, 4) is 11.5 Å². The zero-order valence-corrected chi connectivity index (χ0v) is 20.6. The van der Waals surface area contributed by atoms with Crippen LogP contribution in [0.4, 0.5) is 10.1 Å². The van der Waals surface area contributed by atoms with Crippen LogP contribution in [0.1, 0.15) is 56.9 Å². The molecule has 0 saturated heterocycles. The van der Waals surface area contributed by atoms with Crippen LogP contribution in [0.3, 0.4) is 0 Å². The van der Waals surface area contributed by atoms with Crippen LogP contribution >= 0.6 is 11.6 Å². The molecule has 2 amide bonds. The van der Waals surface area contributed by atoms with Crippen molar-refractivity contribution in [1.29, 1.82) is 0 Å². The maximum Gasteiger partial charge on any atom is 0.252 e. The Hall–Kier alpha value is -3.06. The maximum absolute atomic E-state index is 14.6. The molecular weight excluding hydrogens is 471 g/mol. The molecular formula is C27H30ClFN2O4. The van der Waals surface area contributed by atoms with Crippen molar-refractivity contribution in [2.24, 2.45) is 0 Å². The van der Waals surface area contributed by atoms with Crippen molar-refractivity contribution in [3.05, 3.63) is 63.9 Å². The van der Waals surface area contributed by atoms with Gasteiger partial charge in [-0.2, -0.15) is 0 Å². The minimum atomic E-state index is -0.649. The summed E-state index contributed by atoms with van der Waals surface area (Å²) in [7, 11) is 1.60. The van der Waals surface area contributed by atoms with Gasteiger partial charge in [-0.3, -0.25) is 9.59 Å². The fourth-order valence-electron chi connectivity index (χ4n) is 4.54. The molecule has 2 N–H and O–H groups in total. The minimum Gasteiger partial charge on any atom is -0.497 e. The summed E-state index contributed by atoms with van der Waals surface area (Å²) in [5.74, 6) is -0.325. The van der Waals surface area contributed by atoms with Gasteiger partial charge in [0.25, 0.3) is 5.91 Å². The van der Waals surface area contributed by atoms with Gasteiger partial charge in [-0.25, -0.2) is 4.39 Å². The highest BCUT2D eigenvalue weighted by Crippen LogP contribution is 2.34. The second-order valence-corrected chi connectivity index (χ2v) is 9.34. The molecule has 0 spiro atoms. The molecule has 1 fully saturated rings. The SMILES string of the molecule is COc1ccc(CNC(=O)C2=C(C(=O)Nc3cc(OC4CCCC4)c(Cl)cc3F)CCCC2)cc1. The van der Waals surface area contributed by atoms with E-state index in [1.165, 1.54) is 6.07 Å². The van der Waals surface area contributed by atoms with Gasteiger partial charge < -0.3 is 20.1 Å². The fraction of sp³-hybridized carbons (Fsp3) is 0.407. The van der Waals surface area contributed by atoms with E-state index in [9.17, 15) is 14.0 Å². The lowest BCUT2D eigenvalue weighted by molar-refractivity contribution is -0.119. The number of methoxy groups -OCH3 is 1. The van der Waals surface area contributed by atoms with Gasteiger partial charge in [0, 0.05) is 23.8 Å². The fourth-order valence-corrected chi connectivity index (χ4v) is 4.73. The summed E-state index contributed by atoms with van der Waals surface area (Å²) in [6, 6.07) is 9.98. The Morgan fingerprint density at radius 1 is 1.00 bits per heavy atom. The number of rotatable bonds is 8. The normalized spacial score (nSPS) is 16.2. The van der Waals surface area contributed by atoms with Gasteiger partial charge in [0.15, 0.2) is 0 Å². The van der Waals surface area contributed by atoms with Crippen molar-refractivity contribution in [2.75, 3.05) is 12.4 Å². The number of halogens is 2. The standard InChI is InChI=1S/C27H30ClFN2O4/c1-34-18-12-10-17(11-13-18)16-30-26(32)20-8-4-5-9-21(20)27(33)31-24-15-25(22(28)14-23(24)29)35-19-6-2-3-7-19/h10-15,19H,2-9,16H2,1H3,(H,30,32)(H,31,33). The van der Waals surface area contributed by atoms with Crippen molar-refractivity contribution >= 4 is 29.1 Å². The molecule has 8 heteroatoms. The van der Waals surface area contributed by atoms with Gasteiger partial charge >= 0.3 is 0 Å². The Bertz CT molecular complexity index is 1110. The molecule has 0 unspecified atom stereocenters. The van der Waals surface area contributed by atoms with E-state index in [-0.39, 0.29) is 22.7 Å². The molecule has 0 heterocycles. The van der Waals surface area contributed by atoms with Gasteiger partial charge in [-0.15, -0.1) is 0 Å². The van der Waals surface area contributed by atoms with Crippen LogP contribution in [0.2, 0.25) is 5.02 Å². The first kappa shape index (κ1) is 25.0. The number of hydrogen-bond acceptors (Lipinski definition) is 4. The second-order valence-electron chi connectivity index (χ2n) is 8.94. The summed E-state index contributed by atoms with van der Waals surface area (Å²) in [6.45, 7) is 0.328. The molecule has 6 nitrogen and oxygen atoms in total. The first-order valence-corrected chi connectivity index (χ1v) is 12.4. The number of amides is 2. The van der Waals surface area contributed by atoms with E-state index in [4.69, 9.17) is 21.1 Å². The molecule has 0 radical (unpaired) electrons. The second kappa shape index (κ2) is 11.6. The number of nitrogens with one attached hydrogen (secondary N) is 2. The summed E-state index contributed by atoms with van der Waals surface area (Å²) in [5.41, 5.74) is 1.73. The van der Waals surface area contributed by atoms with Crippen LogP contribution < -0.4 is 20.1 Å². The highest BCUT2D eigenvalue weighted by atomic mass is 35.5. The molecule has 0 atom stereocenters. The van der Waals surface area contributed by atoms with Crippen LogP contribution in [0.5, 0.6) is 11.5 Å². The Labute approximate surface area is 209 Å². The van der Waals surface area contributed by atoms with Gasteiger partial charge in [0.05, 0.1) is 23.9 Å². The molecule has 2 aromatic rings. The molecule has 4 rings (SSSR count). The number of anilines is 1. The number of hydrogen-bond donors (Lipinski definition) is 2. The van der Waals surface area contributed by atoms with Gasteiger partial charge in [0.1, 0.15) is 17.3 Å². The zero-order chi connectivity index (χ0) is 24.8. The topological polar surface area (TPSA) is 76.7 Å². The highest BCUT2D eigenvalue weighted by molar-refractivity contribution is 6.32. The van der Waals surface area contributed by atoms with Gasteiger partial charge in [-0.1, -0.05) is 23.7 Å². The number of benzene rings is 2. The average molecular weight is 501 g/mol. The van der Waals surface area contributed by atoms with E-state index < -0.39 is 11.7 Å². The summed E-state index contributed by atoms with van der Waals surface area (Å²) in [5, 5.41) is 5.70. The van der Waals surface area contributed by atoms with Crippen LogP contribution in [0, 0.1) is 5.82 Å². The van der Waals surface area contributed by atoms with Crippen LogP contribution in [-0.2, 0) is 16.1 Å². The van der Waals surface area contributed by atoms with Crippen LogP contribution in [-0.4, -0.2) is 25.0 Å². The molecule has 1 saturated carbocycles. The quantitative estimate of drug-likeness (QED) is 0.470. The lowest BCUT2D eigenvalue weighted by Crippen LogP contribution is -2.29. The third-order valence-corrected chi connectivity index (χ3v) is 6.79. The lowest BCUT2D eigenvalue weighted by Gasteiger charge is -2.20. The summed E-state index contributed by atoms with van der Waals surface area (Å²) in [6.07, 6.45) is 6.63. The third kappa shape index (κ3) is 6.34. The van der Waals surface area contributed by atoms with Crippen molar-refractivity contribution < 1.29 is 23.5 Å². The first-order valence-electron chi connectivity index (χ1n) is 12.0. The highest BCUT2D eigenvalue weighted by Gasteiger charge is 2.25. The molecule has 186 valence electrons. The predicted octanol–water partition coefficient (Wildman–Crippen LogP) is 5.93. The number of ether oxygens (including phenoxy) is 2.